The van der Waals surface area contributed by atoms with E-state index in [0.29, 0.717) is 32.3 Å². The summed E-state index contributed by atoms with van der Waals surface area (Å²) in [5, 5.41) is 5.27. The second-order valence-electron chi connectivity index (χ2n) is 6.93. The van der Waals surface area contributed by atoms with Crippen molar-refractivity contribution in [3.63, 3.8) is 0 Å². The van der Waals surface area contributed by atoms with Crippen LogP contribution in [-0.4, -0.2) is 34.3 Å². The summed E-state index contributed by atoms with van der Waals surface area (Å²) in [6, 6.07) is 9.50. The van der Waals surface area contributed by atoms with Crippen molar-refractivity contribution >= 4 is 49.6 Å². The maximum absolute atomic E-state index is 12.5. The fraction of sp³-hybridized carbons (Fsp3) is 0.286. The smallest absolute Gasteiger partial charge is 0.366 e. The molecule has 0 saturated heterocycles. The van der Waals surface area contributed by atoms with Crippen LogP contribution >= 0.6 is 34.3 Å². The van der Waals surface area contributed by atoms with Crippen LogP contribution in [0.1, 0.15) is 17.7 Å². The summed E-state index contributed by atoms with van der Waals surface area (Å²) < 4.78 is 43.3. The number of fused-ring (bicyclic) bond motifs is 1. The Morgan fingerprint density at radius 2 is 2.00 bits per heavy atom. The SMILES string of the molecule is FC(F)(F)COCc1nc(NCCCc2cccc(Cl)c2)sc1-c1nc2ccncc2s1. The van der Waals surface area contributed by atoms with E-state index in [0.717, 1.165) is 28.6 Å². The standard InChI is InChI=1S/C21H18ClF3N4OS2/c22-14-5-1-3-13(9-14)4-2-7-27-20-29-16(11-30-12-21(23,24)25)18(32-20)19-28-15-6-8-26-10-17(15)31-19/h1,3,5-6,8-10H,2,4,7,11-12H2,(H,27,29). The van der Waals surface area contributed by atoms with Gasteiger partial charge in [-0.3, -0.25) is 4.98 Å². The lowest BCUT2D eigenvalue weighted by atomic mass is 10.1. The lowest BCUT2D eigenvalue weighted by molar-refractivity contribution is -0.176. The van der Waals surface area contributed by atoms with Crippen molar-refractivity contribution in [1.29, 1.82) is 0 Å². The summed E-state index contributed by atoms with van der Waals surface area (Å²) in [5.41, 5.74) is 2.36. The lowest BCUT2D eigenvalue weighted by Gasteiger charge is -2.06. The molecule has 5 nitrogen and oxygen atoms in total. The molecular weight excluding hydrogens is 481 g/mol. The Hall–Kier alpha value is -2.27. The topological polar surface area (TPSA) is 59.9 Å². The Morgan fingerprint density at radius 1 is 1.12 bits per heavy atom. The molecule has 32 heavy (non-hydrogen) atoms. The number of nitrogens with one attached hydrogen (secondary N) is 1. The van der Waals surface area contributed by atoms with Crippen LogP contribution in [0.15, 0.2) is 42.7 Å². The molecule has 3 aromatic heterocycles. The first-order chi connectivity index (χ1) is 15.4. The molecule has 0 saturated carbocycles. The van der Waals surface area contributed by atoms with Gasteiger partial charge in [-0.2, -0.15) is 13.2 Å². The van der Waals surface area contributed by atoms with Gasteiger partial charge in [0.05, 0.1) is 27.4 Å². The van der Waals surface area contributed by atoms with E-state index in [-0.39, 0.29) is 6.61 Å². The molecule has 0 aliphatic carbocycles. The van der Waals surface area contributed by atoms with Gasteiger partial charge in [0.15, 0.2) is 5.13 Å². The lowest BCUT2D eigenvalue weighted by Crippen LogP contribution is -2.16. The second kappa shape index (κ2) is 10.1. The summed E-state index contributed by atoms with van der Waals surface area (Å²) in [4.78, 5) is 13.9. The fourth-order valence-electron chi connectivity index (χ4n) is 3.01. The molecule has 0 bridgehead atoms. The molecule has 0 aliphatic rings. The summed E-state index contributed by atoms with van der Waals surface area (Å²) >= 11 is 8.80. The number of nitrogens with zero attached hydrogens (tertiary/aromatic N) is 3. The van der Waals surface area contributed by atoms with Crippen molar-refractivity contribution < 1.29 is 17.9 Å². The number of thiazole rings is 2. The second-order valence-corrected chi connectivity index (χ2v) is 9.39. The molecule has 0 aliphatic heterocycles. The van der Waals surface area contributed by atoms with Gasteiger partial charge in [-0.15, -0.1) is 11.3 Å². The van der Waals surface area contributed by atoms with E-state index in [4.69, 9.17) is 16.3 Å². The van der Waals surface area contributed by atoms with Crippen molar-refractivity contribution in [3.05, 3.63) is 59.0 Å². The normalized spacial score (nSPS) is 11.9. The van der Waals surface area contributed by atoms with Crippen LogP contribution in [0.25, 0.3) is 20.1 Å². The molecular formula is C21H18ClF3N4OS2. The van der Waals surface area contributed by atoms with Crippen LogP contribution in [0.5, 0.6) is 0 Å². The average molecular weight is 499 g/mol. The van der Waals surface area contributed by atoms with Gasteiger partial charge in [0.1, 0.15) is 11.6 Å². The summed E-state index contributed by atoms with van der Waals surface area (Å²) in [5.74, 6) is 0. The van der Waals surface area contributed by atoms with Crippen molar-refractivity contribution in [2.45, 2.75) is 25.6 Å². The minimum Gasteiger partial charge on any atom is -0.366 e. The molecule has 0 atom stereocenters. The highest BCUT2D eigenvalue weighted by molar-refractivity contribution is 7.26. The molecule has 4 rings (SSSR count). The van der Waals surface area contributed by atoms with Gasteiger partial charge in [0, 0.05) is 24.0 Å². The first kappa shape index (κ1) is 22.9. The number of ether oxygens (including phenoxy) is 1. The van der Waals surface area contributed by atoms with Crippen molar-refractivity contribution in [1.82, 2.24) is 15.0 Å². The van der Waals surface area contributed by atoms with Gasteiger partial charge < -0.3 is 10.1 Å². The van der Waals surface area contributed by atoms with Crippen LogP contribution in [0.2, 0.25) is 5.02 Å². The highest BCUT2D eigenvalue weighted by atomic mass is 35.5. The van der Waals surface area contributed by atoms with E-state index in [1.54, 1.807) is 18.5 Å². The van der Waals surface area contributed by atoms with Gasteiger partial charge in [0.2, 0.25) is 0 Å². The number of hydrogen-bond donors (Lipinski definition) is 1. The van der Waals surface area contributed by atoms with Crippen molar-refractivity contribution in [3.8, 4) is 9.88 Å². The summed E-state index contributed by atoms with van der Waals surface area (Å²) in [7, 11) is 0. The molecule has 11 heteroatoms. The van der Waals surface area contributed by atoms with Crippen LogP contribution in [0, 0.1) is 0 Å². The molecule has 1 N–H and O–H groups in total. The first-order valence-corrected chi connectivity index (χ1v) is 11.7. The van der Waals surface area contributed by atoms with Crippen LogP contribution in [-0.2, 0) is 17.8 Å². The first-order valence-electron chi connectivity index (χ1n) is 9.71. The third-order valence-corrected chi connectivity index (χ3v) is 6.84. The Morgan fingerprint density at radius 3 is 2.78 bits per heavy atom. The molecule has 3 heterocycles. The van der Waals surface area contributed by atoms with Crippen LogP contribution in [0.3, 0.4) is 0 Å². The van der Waals surface area contributed by atoms with Gasteiger partial charge in [-0.1, -0.05) is 35.1 Å². The maximum atomic E-state index is 12.5. The maximum Gasteiger partial charge on any atom is 0.411 e. The molecule has 0 spiro atoms. The monoisotopic (exact) mass is 498 g/mol. The zero-order valence-corrected chi connectivity index (χ0v) is 19.0. The molecule has 168 valence electrons. The molecule has 0 fully saturated rings. The molecule has 0 amide bonds. The van der Waals surface area contributed by atoms with Gasteiger partial charge in [-0.05, 0) is 36.6 Å². The summed E-state index contributed by atoms with van der Waals surface area (Å²) in [6.07, 6.45) is 0.671. The van der Waals surface area contributed by atoms with Crippen LogP contribution in [0.4, 0.5) is 18.3 Å². The zero-order chi connectivity index (χ0) is 22.6. The van der Waals surface area contributed by atoms with Crippen LogP contribution < -0.4 is 5.32 Å². The third-order valence-electron chi connectivity index (χ3n) is 4.39. The number of pyridine rings is 1. The fourth-order valence-corrected chi connectivity index (χ4v) is 5.25. The molecule has 0 radical (unpaired) electrons. The number of aryl methyl sites for hydroxylation is 1. The largest absolute Gasteiger partial charge is 0.411 e. The summed E-state index contributed by atoms with van der Waals surface area (Å²) in [6.45, 7) is -0.911. The third kappa shape index (κ3) is 6.16. The Balaban J connectivity index is 1.46. The van der Waals surface area contributed by atoms with Gasteiger partial charge in [0.25, 0.3) is 0 Å². The Kier molecular flexibility index (Phi) is 7.24. The Labute approximate surface area is 195 Å². The van der Waals surface area contributed by atoms with Crippen molar-refractivity contribution in [2.24, 2.45) is 0 Å². The molecule has 1 aromatic carbocycles. The van der Waals surface area contributed by atoms with E-state index in [1.165, 1.54) is 22.7 Å². The Bertz CT molecular complexity index is 1160. The minimum atomic E-state index is -4.39. The highest BCUT2D eigenvalue weighted by Crippen LogP contribution is 2.38. The highest BCUT2D eigenvalue weighted by Gasteiger charge is 2.28. The van der Waals surface area contributed by atoms with Gasteiger partial charge >= 0.3 is 6.18 Å². The predicted octanol–water partition coefficient (Wildman–Crippen LogP) is 6.59. The number of alkyl halides is 3. The number of hydrogen-bond acceptors (Lipinski definition) is 7. The number of anilines is 1. The average Bonchev–Trinajstić information content (AvgIpc) is 3.34. The van der Waals surface area contributed by atoms with E-state index < -0.39 is 12.8 Å². The van der Waals surface area contributed by atoms with E-state index in [1.807, 2.05) is 24.3 Å². The van der Waals surface area contributed by atoms with E-state index >= 15 is 0 Å². The quantitative estimate of drug-likeness (QED) is 0.264. The predicted molar refractivity (Wildman–Crippen MR) is 122 cm³/mol. The van der Waals surface area contributed by atoms with Gasteiger partial charge in [-0.25, -0.2) is 9.97 Å². The number of aromatic nitrogens is 3. The molecule has 0 unspecified atom stereocenters. The zero-order valence-electron chi connectivity index (χ0n) is 16.7. The number of benzene rings is 1. The molecule has 4 aromatic rings. The minimum absolute atomic E-state index is 0.246. The number of halogens is 4. The van der Waals surface area contributed by atoms with E-state index in [9.17, 15) is 13.2 Å². The van der Waals surface area contributed by atoms with E-state index in [2.05, 4.69) is 20.3 Å². The van der Waals surface area contributed by atoms with Crippen molar-refractivity contribution in [2.75, 3.05) is 18.5 Å². The number of rotatable bonds is 9.